The van der Waals surface area contributed by atoms with Gasteiger partial charge in [-0.05, 0) is 67.4 Å². The molecule has 1 aliphatic heterocycles. The number of piperidine rings is 1. The van der Waals surface area contributed by atoms with Crippen LogP contribution in [0.5, 0.6) is 5.75 Å². The maximum absolute atomic E-state index is 13.0. The molecule has 14 heteroatoms. The third-order valence-corrected chi connectivity index (χ3v) is 7.25. The lowest BCUT2D eigenvalue weighted by molar-refractivity contribution is -0.143. The molecule has 1 aliphatic rings. The average molecular weight is 601 g/mol. The van der Waals surface area contributed by atoms with Crippen LogP contribution in [0.3, 0.4) is 0 Å². The Morgan fingerprint density at radius 3 is 2.26 bits per heavy atom. The number of benzene rings is 2. The Morgan fingerprint density at radius 2 is 1.64 bits per heavy atom. The van der Waals surface area contributed by atoms with Crippen LogP contribution >= 0.6 is 0 Å². The molecule has 0 aliphatic carbocycles. The van der Waals surface area contributed by atoms with Crippen molar-refractivity contribution in [1.82, 2.24) is 20.5 Å². The molecule has 5 N–H and O–H groups in total. The maximum Gasteiger partial charge on any atom is 0.416 e. The quantitative estimate of drug-likeness (QED) is 0.237. The van der Waals surface area contributed by atoms with E-state index in [0.717, 1.165) is 12.8 Å². The van der Waals surface area contributed by atoms with Crippen molar-refractivity contribution in [3.05, 3.63) is 75.1 Å². The van der Waals surface area contributed by atoms with Crippen LogP contribution in [0.4, 0.5) is 26.3 Å². The van der Waals surface area contributed by atoms with Gasteiger partial charge in [0.05, 0.1) is 22.7 Å². The Hall–Kier alpha value is -3.62. The SMILES string of the molecule is O=C(CCN1CCC(NCC(O)c2ccc(O)c3[nH]c(=O)ccc23)CC1)NCc1cc(C(F)(F)F)cc(C(F)(F)F)c1. The van der Waals surface area contributed by atoms with Gasteiger partial charge in [-0.25, -0.2) is 0 Å². The minimum absolute atomic E-state index is 0.0257. The second-order valence-electron chi connectivity index (χ2n) is 10.3. The summed E-state index contributed by atoms with van der Waals surface area (Å²) < 4.78 is 78.2. The summed E-state index contributed by atoms with van der Waals surface area (Å²) in [6, 6.07) is 7.18. The second kappa shape index (κ2) is 12.7. The lowest BCUT2D eigenvalue weighted by atomic mass is 10.0. The van der Waals surface area contributed by atoms with E-state index in [1.54, 1.807) is 12.1 Å². The summed E-state index contributed by atoms with van der Waals surface area (Å²) in [5.41, 5.74) is -2.74. The fraction of sp³-hybridized carbons (Fsp3) is 0.429. The van der Waals surface area contributed by atoms with Crippen LogP contribution in [0.25, 0.3) is 10.9 Å². The molecule has 4 rings (SSSR count). The van der Waals surface area contributed by atoms with Gasteiger partial charge in [-0.2, -0.15) is 26.3 Å². The number of aromatic amines is 1. The summed E-state index contributed by atoms with van der Waals surface area (Å²) >= 11 is 0. The van der Waals surface area contributed by atoms with Gasteiger partial charge >= 0.3 is 12.4 Å². The van der Waals surface area contributed by atoms with Crippen LogP contribution in [0, 0.1) is 0 Å². The summed E-state index contributed by atoms with van der Waals surface area (Å²) in [5, 5.41) is 27.0. The number of aromatic nitrogens is 1. The Balaban J connectivity index is 1.21. The zero-order valence-corrected chi connectivity index (χ0v) is 22.3. The lowest BCUT2D eigenvalue weighted by Crippen LogP contribution is -2.44. The molecule has 2 aromatic carbocycles. The summed E-state index contributed by atoms with van der Waals surface area (Å²) in [6.45, 7) is 1.43. The topological polar surface area (TPSA) is 118 Å². The number of aliphatic hydroxyl groups excluding tert-OH is 1. The molecule has 3 aromatic rings. The van der Waals surface area contributed by atoms with Crippen LogP contribution < -0.4 is 16.2 Å². The molecule has 1 aromatic heterocycles. The standard InChI is InChI=1S/C28H30F6N4O4/c29-27(30,31)17-11-16(12-18(13-17)28(32,33)34)14-36-24(41)7-10-38-8-5-19(6-9-38)35-15-23(40)20-1-3-22(39)26-21(20)2-4-25(42)37-26/h1-4,11-13,19,23,35,39-40H,5-10,14-15H2,(H,36,41)(H,37,42). The monoisotopic (exact) mass is 600 g/mol. The Bertz CT molecular complexity index is 1430. The first-order valence-corrected chi connectivity index (χ1v) is 13.2. The molecule has 0 radical (unpaired) electrons. The number of carbonyl (C=O) groups excluding carboxylic acids is 1. The van der Waals surface area contributed by atoms with E-state index in [9.17, 15) is 46.1 Å². The zero-order valence-electron chi connectivity index (χ0n) is 22.3. The number of hydrogen-bond donors (Lipinski definition) is 5. The first kappa shape index (κ1) is 31.3. The number of hydrogen-bond acceptors (Lipinski definition) is 6. The highest BCUT2D eigenvalue weighted by Crippen LogP contribution is 2.36. The van der Waals surface area contributed by atoms with E-state index in [1.807, 2.05) is 4.90 Å². The number of H-pyrrole nitrogens is 1. The van der Waals surface area contributed by atoms with Gasteiger partial charge < -0.3 is 30.7 Å². The van der Waals surface area contributed by atoms with E-state index in [0.29, 0.717) is 42.7 Å². The molecule has 1 fully saturated rings. The molecular weight excluding hydrogens is 570 g/mol. The normalized spacial score (nSPS) is 16.1. The highest BCUT2D eigenvalue weighted by Gasteiger charge is 2.37. The molecule has 1 amide bonds. The number of aliphatic hydroxyl groups is 1. The number of pyridine rings is 1. The van der Waals surface area contributed by atoms with Crippen LogP contribution in [-0.2, 0) is 23.7 Å². The van der Waals surface area contributed by atoms with Gasteiger partial charge in [0.2, 0.25) is 11.5 Å². The lowest BCUT2D eigenvalue weighted by Gasteiger charge is -2.32. The second-order valence-corrected chi connectivity index (χ2v) is 10.3. The van der Waals surface area contributed by atoms with Gasteiger partial charge in [-0.3, -0.25) is 9.59 Å². The van der Waals surface area contributed by atoms with Crippen LogP contribution in [0.1, 0.15) is 47.6 Å². The number of amides is 1. The zero-order chi connectivity index (χ0) is 30.7. The highest BCUT2D eigenvalue weighted by atomic mass is 19.4. The number of carbonyl (C=O) groups is 1. The molecule has 0 saturated carbocycles. The van der Waals surface area contributed by atoms with Gasteiger partial charge in [-0.15, -0.1) is 0 Å². The largest absolute Gasteiger partial charge is 0.506 e. The maximum atomic E-state index is 13.0. The number of rotatable bonds is 9. The molecule has 1 unspecified atom stereocenters. The van der Waals surface area contributed by atoms with Crippen molar-refractivity contribution in [2.45, 2.75) is 50.3 Å². The third-order valence-electron chi connectivity index (χ3n) is 7.25. The number of halogens is 6. The van der Waals surface area contributed by atoms with Crippen molar-refractivity contribution in [1.29, 1.82) is 0 Å². The molecule has 0 spiro atoms. The van der Waals surface area contributed by atoms with Gasteiger partial charge in [0.1, 0.15) is 5.75 Å². The van der Waals surface area contributed by atoms with E-state index in [-0.39, 0.29) is 47.5 Å². The third kappa shape index (κ3) is 8.01. The number of phenolic OH excluding ortho intramolecular Hbond substituents is 1. The van der Waals surface area contributed by atoms with E-state index in [2.05, 4.69) is 15.6 Å². The van der Waals surface area contributed by atoms with Crippen molar-refractivity contribution in [3.8, 4) is 5.75 Å². The molecule has 2 heterocycles. The molecule has 0 bridgehead atoms. The van der Waals surface area contributed by atoms with Crippen molar-refractivity contribution < 1.29 is 41.4 Å². The highest BCUT2D eigenvalue weighted by molar-refractivity contribution is 5.87. The average Bonchev–Trinajstić information content (AvgIpc) is 2.93. The molecular formula is C28H30F6N4O4. The summed E-state index contributed by atoms with van der Waals surface area (Å²) in [7, 11) is 0. The van der Waals surface area contributed by atoms with Gasteiger partial charge in [0.15, 0.2) is 0 Å². The first-order valence-electron chi connectivity index (χ1n) is 13.2. The Kier molecular flexibility index (Phi) is 9.48. The number of nitrogens with one attached hydrogen (secondary N) is 3. The summed E-state index contributed by atoms with van der Waals surface area (Å²) in [6.07, 6.45) is -9.34. The predicted molar refractivity (Wildman–Crippen MR) is 142 cm³/mol. The molecule has 8 nitrogen and oxygen atoms in total. The van der Waals surface area contributed by atoms with Gasteiger partial charge in [-0.1, -0.05) is 6.07 Å². The summed E-state index contributed by atoms with van der Waals surface area (Å²) in [4.78, 5) is 28.5. The number of alkyl halides is 6. The fourth-order valence-corrected chi connectivity index (χ4v) is 4.97. The molecule has 1 atom stereocenters. The van der Waals surface area contributed by atoms with Gasteiger partial charge in [0, 0.05) is 43.5 Å². The fourth-order valence-electron chi connectivity index (χ4n) is 4.97. The first-order chi connectivity index (χ1) is 19.7. The Labute approximate surface area is 236 Å². The Morgan fingerprint density at radius 1 is 1.00 bits per heavy atom. The van der Waals surface area contributed by atoms with Gasteiger partial charge in [0.25, 0.3) is 0 Å². The van der Waals surface area contributed by atoms with E-state index < -0.39 is 42.0 Å². The van der Waals surface area contributed by atoms with Crippen molar-refractivity contribution >= 4 is 16.8 Å². The van der Waals surface area contributed by atoms with Crippen LogP contribution in [0.2, 0.25) is 0 Å². The molecule has 228 valence electrons. The van der Waals surface area contributed by atoms with E-state index >= 15 is 0 Å². The minimum Gasteiger partial charge on any atom is -0.506 e. The number of nitrogens with zero attached hydrogens (tertiary/aromatic N) is 1. The van der Waals surface area contributed by atoms with E-state index in [4.69, 9.17) is 0 Å². The number of phenols is 1. The van der Waals surface area contributed by atoms with Crippen LogP contribution in [0.15, 0.2) is 47.3 Å². The number of likely N-dealkylation sites (tertiary alicyclic amines) is 1. The predicted octanol–water partition coefficient (Wildman–Crippen LogP) is 4.07. The minimum atomic E-state index is -4.96. The molecule has 1 saturated heterocycles. The summed E-state index contributed by atoms with van der Waals surface area (Å²) in [5.74, 6) is -0.592. The molecule has 42 heavy (non-hydrogen) atoms. The van der Waals surface area contributed by atoms with Crippen molar-refractivity contribution in [2.75, 3.05) is 26.2 Å². The number of fused-ring (bicyclic) bond motifs is 1. The van der Waals surface area contributed by atoms with Crippen molar-refractivity contribution in [2.24, 2.45) is 0 Å². The van der Waals surface area contributed by atoms with E-state index in [1.165, 1.54) is 12.1 Å². The van der Waals surface area contributed by atoms with Crippen molar-refractivity contribution in [3.63, 3.8) is 0 Å². The smallest absolute Gasteiger partial charge is 0.416 e. The number of aromatic hydroxyl groups is 1. The van der Waals surface area contributed by atoms with Crippen LogP contribution in [-0.4, -0.2) is 58.2 Å².